The second-order valence-corrected chi connectivity index (χ2v) is 12.0. The number of carbonyl (C=O) groups is 2. The second kappa shape index (κ2) is 19.2. The van der Waals surface area contributed by atoms with Crippen LogP contribution in [0.5, 0.6) is 0 Å². The van der Waals surface area contributed by atoms with Crippen LogP contribution in [0.2, 0.25) is 0 Å². The first kappa shape index (κ1) is 40.1. The lowest BCUT2D eigenvalue weighted by molar-refractivity contribution is -0.366. The van der Waals surface area contributed by atoms with Gasteiger partial charge < -0.3 is 79.5 Å². The fourth-order valence-electron chi connectivity index (χ4n) is 5.55. The maximum Gasteiger partial charge on any atom is 0.187 e. The number of Topliss-reactive ketones (excluding diaryl/α,β-unsaturated/α-hetero) is 2. The number of hydrogen-bond acceptors (Lipinski definition) is 18. The molecule has 0 saturated carbocycles. The van der Waals surface area contributed by atoms with Crippen molar-refractivity contribution in [2.45, 2.75) is 144 Å². The van der Waals surface area contributed by atoms with Crippen molar-refractivity contribution in [2.24, 2.45) is 0 Å². The standard InChI is InChI=1S/C29H50O18/c1-2-5-13(32)6-3-7-14(33)8-4-9-42-28-25(41)26(47-29-24(40)22(38)19(35)16(11-31)45-29)20(36)17(46-28)12-43-27-23(39)21(37)18(34)15(10-30)44-27/h15-31,34-41H,2-12H2,1H3/t15-,16-,17-,18-,19-,20-,21+,22+,23+,24+,25+,26+,27+,28+,29-/m1/s1. The molecular weight excluding hydrogens is 636 g/mol. The summed E-state index contributed by atoms with van der Waals surface area (Å²) in [4.78, 5) is 23.9. The molecule has 3 aliphatic heterocycles. The van der Waals surface area contributed by atoms with E-state index in [1.807, 2.05) is 6.92 Å². The molecule has 18 nitrogen and oxygen atoms in total. The molecule has 0 aromatic rings. The Morgan fingerprint density at radius 2 is 1.04 bits per heavy atom. The first-order chi connectivity index (χ1) is 22.3. The number of aliphatic hydroxyl groups is 10. The summed E-state index contributed by atoms with van der Waals surface area (Å²) in [6, 6.07) is 0. The van der Waals surface area contributed by atoms with Crippen LogP contribution >= 0.6 is 0 Å². The molecule has 3 aliphatic rings. The predicted octanol–water partition coefficient (Wildman–Crippen LogP) is -4.66. The molecule has 0 spiro atoms. The smallest absolute Gasteiger partial charge is 0.187 e. The zero-order valence-electron chi connectivity index (χ0n) is 26.2. The zero-order chi connectivity index (χ0) is 34.8. The summed E-state index contributed by atoms with van der Waals surface area (Å²) in [5.74, 6) is 0.00730. The third kappa shape index (κ3) is 10.6. The van der Waals surface area contributed by atoms with Crippen molar-refractivity contribution in [3.8, 4) is 0 Å². The molecule has 0 aromatic heterocycles. The maximum atomic E-state index is 12.3. The third-order valence-corrected chi connectivity index (χ3v) is 8.38. The summed E-state index contributed by atoms with van der Waals surface area (Å²) in [5, 5.41) is 102. The van der Waals surface area contributed by atoms with Crippen molar-refractivity contribution >= 4 is 11.6 Å². The van der Waals surface area contributed by atoms with Crippen molar-refractivity contribution in [3.63, 3.8) is 0 Å². The average Bonchev–Trinajstić information content (AvgIpc) is 3.05. The summed E-state index contributed by atoms with van der Waals surface area (Å²) in [7, 11) is 0. The van der Waals surface area contributed by atoms with Gasteiger partial charge in [0, 0.05) is 25.7 Å². The molecule has 3 saturated heterocycles. The second-order valence-electron chi connectivity index (χ2n) is 12.0. The van der Waals surface area contributed by atoms with Gasteiger partial charge in [-0.15, -0.1) is 0 Å². The Kier molecular flexibility index (Phi) is 16.4. The predicted molar refractivity (Wildman–Crippen MR) is 153 cm³/mol. The zero-order valence-corrected chi connectivity index (χ0v) is 26.2. The van der Waals surface area contributed by atoms with Crippen molar-refractivity contribution < 1.29 is 89.1 Å². The van der Waals surface area contributed by atoms with E-state index >= 15 is 0 Å². The maximum absolute atomic E-state index is 12.3. The van der Waals surface area contributed by atoms with E-state index in [2.05, 4.69) is 0 Å². The van der Waals surface area contributed by atoms with Gasteiger partial charge in [0.25, 0.3) is 0 Å². The molecule has 0 aromatic carbocycles. The summed E-state index contributed by atoms with van der Waals surface area (Å²) in [6.07, 6.45) is -22.2. The number of rotatable bonds is 18. The normalized spacial score (nSPS) is 41.1. The van der Waals surface area contributed by atoms with E-state index in [1.165, 1.54) is 0 Å². The summed E-state index contributed by atoms with van der Waals surface area (Å²) in [6.45, 7) is -0.288. The number of aliphatic hydroxyl groups excluding tert-OH is 10. The van der Waals surface area contributed by atoms with Crippen LogP contribution in [0.25, 0.3) is 0 Å². The van der Waals surface area contributed by atoms with Crippen LogP contribution in [-0.4, -0.2) is 181 Å². The molecule has 0 radical (unpaired) electrons. The highest BCUT2D eigenvalue weighted by Gasteiger charge is 2.52. The molecule has 0 bridgehead atoms. The summed E-state index contributed by atoms with van der Waals surface area (Å²) >= 11 is 0. The van der Waals surface area contributed by atoms with E-state index in [1.54, 1.807) is 0 Å². The highest BCUT2D eigenvalue weighted by atomic mass is 16.7. The number of hydrogen-bond donors (Lipinski definition) is 10. The molecular formula is C29H50O18. The molecule has 15 atom stereocenters. The van der Waals surface area contributed by atoms with Gasteiger partial charge in [0.1, 0.15) is 84.8 Å². The largest absolute Gasteiger partial charge is 0.394 e. The lowest BCUT2D eigenvalue weighted by atomic mass is 9.96. The third-order valence-electron chi connectivity index (χ3n) is 8.38. The van der Waals surface area contributed by atoms with Gasteiger partial charge in [-0.25, -0.2) is 0 Å². The number of ketones is 2. The number of ether oxygens (including phenoxy) is 6. The van der Waals surface area contributed by atoms with Crippen molar-refractivity contribution in [3.05, 3.63) is 0 Å². The van der Waals surface area contributed by atoms with Crippen molar-refractivity contribution in [2.75, 3.05) is 26.4 Å². The van der Waals surface area contributed by atoms with Crippen LogP contribution in [0, 0.1) is 0 Å². The molecule has 3 heterocycles. The molecule has 0 amide bonds. The van der Waals surface area contributed by atoms with Gasteiger partial charge in [-0.05, 0) is 19.3 Å². The van der Waals surface area contributed by atoms with E-state index in [-0.39, 0.29) is 37.4 Å². The highest BCUT2D eigenvalue weighted by molar-refractivity contribution is 5.81. The molecule has 274 valence electrons. The van der Waals surface area contributed by atoms with Crippen LogP contribution in [-0.2, 0) is 38.0 Å². The quantitative estimate of drug-likeness (QED) is 0.0606. The molecule has 18 heteroatoms. The topological polar surface area (TPSA) is 292 Å². The van der Waals surface area contributed by atoms with Crippen molar-refractivity contribution in [1.82, 2.24) is 0 Å². The van der Waals surface area contributed by atoms with Crippen LogP contribution in [0.1, 0.15) is 51.9 Å². The Hall–Kier alpha value is -1.30. The van der Waals surface area contributed by atoms with Gasteiger partial charge in [0.2, 0.25) is 0 Å². The average molecular weight is 687 g/mol. The Morgan fingerprint density at radius 1 is 0.553 bits per heavy atom. The Bertz CT molecular complexity index is 952. The first-order valence-electron chi connectivity index (χ1n) is 15.9. The minimum Gasteiger partial charge on any atom is -0.394 e. The SMILES string of the molecule is CCCC(=O)CCCC(=O)CCCO[C@H]1O[C@H](CO[C@H]2O[C@H](CO)[C@@H](O)[C@H](O)[C@@H]2O)[C@@H](O)[C@H](O[C@H]2O[C@H](CO)[C@@H](O)[C@H](O)[C@@H]2O)[C@@H]1O. The Labute approximate surface area is 271 Å². The van der Waals surface area contributed by atoms with E-state index in [0.29, 0.717) is 19.3 Å². The number of carbonyl (C=O) groups excluding carboxylic acids is 2. The Morgan fingerprint density at radius 3 is 1.62 bits per heavy atom. The van der Waals surface area contributed by atoms with Gasteiger partial charge in [-0.1, -0.05) is 6.92 Å². The molecule has 47 heavy (non-hydrogen) atoms. The fraction of sp³-hybridized carbons (Fsp3) is 0.931. The summed E-state index contributed by atoms with van der Waals surface area (Å²) in [5.41, 5.74) is 0. The van der Waals surface area contributed by atoms with E-state index in [9.17, 15) is 60.7 Å². The van der Waals surface area contributed by atoms with Crippen LogP contribution in [0.4, 0.5) is 0 Å². The van der Waals surface area contributed by atoms with Crippen LogP contribution in [0.15, 0.2) is 0 Å². The first-order valence-corrected chi connectivity index (χ1v) is 15.9. The molecule has 3 fully saturated rings. The lowest BCUT2D eigenvalue weighted by Gasteiger charge is -2.46. The van der Waals surface area contributed by atoms with E-state index in [0.717, 1.165) is 6.42 Å². The molecule has 0 aliphatic carbocycles. The highest BCUT2D eigenvalue weighted by Crippen LogP contribution is 2.31. The van der Waals surface area contributed by atoms with Crippen LogP contribution in [0.3, 0.4) is 0 Å². The van der Waals surface area contributed by atoms with Crippen LogP contribution < -0.4 is 0 Å². The van der Waals surface area contributed by atoms with Gasteiger partial charge in [-0.3, -0.25) is 9.59 Å². The lowest BCUT2D eigenvalue weighted by Crippen LogP contribution is -2.65. The van der Waals surface area contributed by atoms with Gasteiger partial charge in [0.05, 0.1) is 26.4 Å². The molecule has 0 unspecified atom stereocenters. The van der Waals surface area contributed by atoms with Crippen molar-refractivity contribution in [1.29, 1.82) is 0 Å². The summed E-state index contributed by atoms with van der Waals surface area (Å²) < 4.78 is 33.2. The van der Waals surface area contributed by atoms with E-state index < -0.39 is 112 Å². The van der Waals surface area contributed by atoms with Gasteiger partial charge in [0.15, 0.2) is 18.9 Å². The molecule has 10 N–H and O–H groups in total. The minimum absolute atomic E-state index is 0.0898. The van der Waals surface area contributed by atoms with Gasteiger partial charge >= 0.3 is 0 Å². The molecule has 3 rings (SSSR count). The minimum atomic E-state index is -1.87. The monoisotopic (exact) mass is 686 g/mol. The Balaban J connectivity index is 1.66. The van der Waals surface area contributed by atoms with E-state index in [4.69, 9.17) is 28.4 Å². The fourth-order valence-corrected chi connectivity index (χ4v) is 5.55. The van der Waals surface area contributed by atoms with Gasteiger partial charge in [-0.2, -0.15) is 0 Å².